The largest absolute Gasteiger partial charge is 1.00 e. The van der Waals surface area contributed by atoms with Gasteiger partial charge in [-0.3, -0.25) is 0 Å². The second kappa shape index (κ2) is 4.92. The molecule has 0 fully saturated rings. The standard InChI is InChI=1S/C6H8N2O3S.Na/c7-8-5-1-3-6(4-2-5)12(9,10)11;/h1-4,6H,7H2,(H,9,10,11);/q;+1/p-1. The summed E-state index contributed by atoms with van der Waals surface area (Å²) in [5.74, 6) is 4.92. The normalized spacial score (nSPS) is 21.0. The average molecular weight is 210 g/mol. The van der Waals surface area contributed by atoms with Crippen molar-refractivity contribution in [3.05, 3.63) is 24.3 Å². The molecule has 0 amide bonds. The molecule has 13 heavy (non-hydrogen) atoms. The van der Waals surface area contributed by atoms with Crippen molar-refractivity contribution in [1.29, 1.82) is 0 Å². The Kier molecular flexibility index (Phi) is 4.87. The molecule has 2 N–H and O–H groups in total. The summed E-state index contributed by atoms with van der Waals surface area (Å²) >= 11 is 0. The van der Waals surface area contributed by atoms with E-state index in [1.807, 2.05) is 0 Å². The first-order valence-corrected chi connectivity index (χ1v) is 4.60. The van der Waals surface area contributed by atoms with Crippen molar-refractivity contribution < 1.29 is 42.5 Å². The quantitative estimate of drug-likeness (QED) is 0.209. The van der Waals surface area contributed by atoms with Gasteiger partial charge in [0.15, 0.2) is 0 Å². The van der Waals surface area contributed by atoms with Crippen molar-refractivity contribution in [3.63, 3.8) is 0 Å². The predicted molar refractivity (Wildman–Crippen MR) is 43.4 cm³/mol. The van der Waals surface area contributed by atoms with Gasteiger partial charge < -0.3 is 10.4 Å². The maximum atomic E-state index is 10.5. The molecule has 1 rings (SSSR count). The van der Waals surface area contributed by atoms with Crippen LogP contribution < -0.4 is 35.4 Å². The molecule has 66 valence electrons. The van der Waals surface area contributed by atoms with Crippen molar-refractivity contribution in [1.82, 2.24) is 0 Å². The average Bonchev–Trinajstić information content (AvgIpc) is 2.03. The van der Waals surface area contributed by atoms with Crippen molar-refractivity contribution in [2.24, 2.45) is 10.9 Å². The van der Waals surface area contributed by atoms with E-state index in [0.29, 0.717) is 5.71 Å². The van der Waals surface area contributed by atoms with E-state index in [-0.39, 0.29) is 29.6 Å². The minimum Gasteiger partial charge on any atom is -0.747 e. The van der Waals surface area contributed by atoms with Gasteiger partial charge in [0.25, 0.3) is 0 Å². The molecule has 0 radical (unpaired) electrons. The molecule has 0 unspecified atom stereocenters. The Hall–Kier alpha value is -0.140. The number of nitrogens with two attached hydrogens (primary N) is 1. The smallest absolute Gasteiger partial charge is 0.747 e. The topological polar surface area (TPSA) is 95.6 Å². The van der Waals surface area contributed by atoms with Crippen molar-refractivity contribution in [2.75, 3.05) is 0 Å². The fourth-order valence-electron chi connectivity index (χ4n) is 0.785. The van der Waals surface area contributed by atoms with Gasteiger partial charge in [-0.15, -0.1) is 0 Å². The van der Waals surface area contributed by atoms with Crippen LogP contribution in [-0.4, -0.2) is 23.9 Å². The van der Waals surface area contributed by atoms with Crippen LogP contribution in [0.25, 0.3) is 0 Å². The first kappa shape index (κ1) is 12.9. The monoisotopic (exact) mass is 210 g/mol. The third-order valence-electron chi connectivity index (χ3n) is 1.40. The van der Waals surface area contributed by atoms with Gasteiger partial charge in [0.2, 0.25) is 0 Å². The van der Waals surface area contributed by atoms with Crippen molar-refractivity contribution in [2.45, 2.75) is 5.25 Å². The van der Waals surface area contributed by atoms with Crippen molar-refractivity contribution >= 4 is 15.8 Å². The Morgan fingerprint density at radius 1 is 1.38 bits per heavy atom. The molecule has 1 aliphatic rings. The first-order chi connectivity index (χ1) is 5.54. The van der Waals surface area contributed by atoms with Gasteiger partial charge in [-0.1, -0.05) is 12.2 Å². The van der Waals surface area contributed by atoms with E-state index in [4.69, 9.17) is 5.84 Å². The van der Waals surface area contributed by atoms with Crippen LogP contribution in [0.4, 0.5) is 0 Å². The summed E-state index contributed by atoms with van der Waals surface area (Å²) in [6.07, 6.45) is 5.27. The molecule has 5 nitrogen and oxygen atoms in total. The molecule has 1 aliphatic carbocycles. The minimum atomic E-state index is -4.28. The molecule has 0 saturated carbocycles. The maximum Gasteiger partial charge on any atom is 1.00 e. The SMILES string of the molecule is NN=C1C=CC(S(=O)(=O)[O-])C=C1.[Na+]. The van der Waals surface area contributed by atoms with Gasteiger partial charge in [0.05, 0.1) is 11.0 Å². The molecule has 0 aromatic carbocycles. The van der Waals surface area contributed by atoms with E-state index >= 15 is 0 Å². The van der Waals surface area contributed by atoms with Gasteiger partial charge in [-0.2, -0.15) is 5.10 Å². The molecule has 0 bridgehead atoms. The summed E-state index contributed by atoms with van der Waals surface area (Å²) < 4.78 is 31.4. The second-order valence-corrected chi connectivity index (χ2v) is 3.76. The number of rotatable bonds is 1. The zero-order valence-electron chi connectivity index (χ0n) is 7.04. The molecule has 0 aliphatic heterocycles. The Bertz CT molecular complexity index is 342. The Morgan fingerprint density at radius 2 is 1.85 bits per heavy atom. The molecular weight excluding hydrogens is 203 g/mol. The van der Waals surface area contributed by atoms with Gasteiger partial charge >= 0.3 is 29.6 Å². The number of nitrogens with zero attached hydrogens (tertiary/aromatic N) is 1. The van der Waals surface area contributed by atoms with Crippen LogP contribution in [0.1, 0.15) is 0 Å². The van der Waals surface area contributed by atoms with Gasteiger partial charge in [-0.25, -0.2) is 8.42 Å². The summed E-state index contributed by atoms with van der Waals surface area (Å²) in [5.41, 5.74) is 0.440. The third-order valence-corrected chi connectivity index (χ3v) is 2.38. The van der Waals surface area contributed by atoms with E-state index in [0.717, 1.165) is 0 Å². The molecular formula is C6H7N2NaO3S. The van der Waals surface area contributed by atoms with E-state index < -0.39 is 15.4 Å². The predicted octanol–water partition coefficient (Wildman–Crippen LogP) is -3.66. The molecule has 0 aromatic heterocycles. The van der Waals surface area contributed by atoms with Crippen LogP contribution in [-0.2, 0) is 10.1 Å². The molecule has 0 saturated heterocycles. The van der Waals surface area contributed by atoms with Crippen LogP contribution in [0, 0.1) is 0 Å². The minimum absolute atomic E-state index is 0. The first-order valence-electron chi connectivity index (χ1n) is 3.13. The van der Waals surface area contributed by atoms with Crippen molar-refractivity contribution in [3.8, 4) is 0 Å². The van der Waals surface area contributed by atoms with Gasteiger partial charge in [0.1, 0.15) is 10.1 Å². The fraction of sp³-hybridized carbons (Fsp3) is 0.167. The number of hydrogen-bond acceptors (Lipinski definition) is 5. The molecule has 0 aromatic rings. The number of hydrazone groups is 1. The van der Waals surface area contributed by atoms with Crippen LogP contribution in [0.15, 0.2) is 29.4 Å². The van der Waals surface area contributed by atoms with Gasteiger partial charge in [-0.05, 0) is 12.2 Å². The van der Waals surface area contributed by atoms with Crippen LogP contribution in [0.5, 0.6) is 0 Å². The number of hydrogen-bond donors (Lipinski definition) is 1. The van der Waals surface area contributed by atoms with Crippen LogP contribution >= 0.6 is 0 Å². The molecule has 0 spiro atoms. The summed E-state index contributed by atoms with van der Waals surface area (Å²) in [5, 5.41) is 2.22. The summed E-state index contributed by atoms with van der Waals surface area (Å²) in [7, 11) is -4.28. The fourth-order valence-corrected chi connectivity index (χ4v) is 1.33. The molecule has 0 atom stereocenters. The Morgan fingerprint density at radius 3 is 2.15 bits per heavy atom. The Labute approximate surface area is 98.4 Å². The van der Waals surface area contributed by atoms with E-state index in [1.54, 1.807) is 0 Å². The summed E-state index contributed by atoms with van der Waals surface area (Å²) in [6, 6.07) is 0. The molecule has 0 heterocycles. The summed E-state index contributed by atoms with van der Waals surface area (Å²) in [4.78, 5) is 0. The third kappa shape index (κ3) is 3.61. The maximum absolute atomic E-state index is 10.5. The van der Waals surface area contributed by atoms with Crippen LogP contribution in [0.2, 0.25) is 0 Å². The van der Waals surface area contributed by atoms with Crippen LogP contribution in [0.3, 0.4) is 0 Å². The van der Waals surface area contributed by atoms with E-state index in [1.165, 1.54) is 24.3 Å². The summed E-state index contributed by atoms with van der Waals surface area (Å²) in [6.45, 7) is 0. The van der Waals surface area contributed by atoms with E-state index in [2.05, 4.69) is 5.10 Å². The zero-order chi connectivity index (χ0) is 9.19. The molecule has 7 heteroatoms. The van der Waals surface area contributed by atoms with E-state index in [9.17, 15) is 13.0 Å². The Balaban J connectivity index is 0.00000144. The zero-order valence-corrected chi connectivity index (χ0v) is 9.86. The second-order valence-electron chi connectivity index (χ2n) is 2.23. The number of allylic oxidation sites excluding steroid dienone is 2. The van der Waals surface area contributed by atoms with Gasteiger partial charge in [0, 0.05) is 0 Å².